The van der Waals surface area contributed by atoms with Gasteiger partial charge in [0.2, 0.25) is 0 Å². The lowest BCUT2D eigenvalue weighted by Gasteiger charge is -2.01. The molecule has 14 heavy (non-hydrogen) atoms. The molecule has 72 valence electrons. The van der Waals surface area contributed by atoms with Gasteiger partial charge in [-0.15, -0.1) is 0 Å². The smallest absolute Gasteiger partial charge is 0.307 e. The van der Waals surface area contributed by atoms with Gasteiger partial charge < -0.3 is 10.1 Å². The number of rotatable bonds is 2. The van der Waals surface area contributed by atoms with E-state index in [9.17, 15) is 4.79 Å². The van der Waals surface area contributed by atoms with Crippen molar-refractivity contribution in [3.05, 3.63) is 29.0 Å². The predicted molar refractivity (Wildman–Crippen MR) is 52.4 cm³/mol. The Morgan fingerprint density at radius 2 is 2.36 bits per heavy atom. The number of hydrogen-bond donors (Lipinski definition) is 2. The topological polar surface area (TPSA) is 66.0 Å². The number of aromatic amines is 1. The molecule has 0 radical (unpaired) electrons. The SMILES string of the molecule is O=C(O)Cc1c(Cl)ccc2[nH]cnc12. The van der Waals surface area contributed by atoms with E-state index in [1.807, 2.05) is 0 Å². The van der Waals surface area contributed by atoms with E-state index in [0.29, 0.717) is 16.1 Å². The first-order valence-corrected chi connectivity index (χ1v) is 4.38. The molecule has 0 amide bonds. The van der Waals surface area contributed by atoms with Crippen LogP contribution in [0, 0.1) is 0 Å². The second-order valence-electron chi connectivity index (χ2n) is 2.90. The number of hydrogen-bond acceptors (Lipinski definition) is 2. The molecule has 0 aliphatic heterocycles. The van der Waals surface area contributed by atoms with Gasteiger partial charge in [-0.3, -0.25) is 4.79 Å². The van der Waals surface area contributed by atoms with Gasteiger partial charge in [0.25, 0.3) is 0 Å². The molecule has 0 spiro atoms. The first-order chi connectivity index (χ1) is 6.68. The Kier molecular flexibility index (Phi) is 2.13. The van der Waals surface area contributed by atoms with E-state index in [0.717, 1.165) is 5.52 Å². The van der Waals surface area contributed by atoms with Crippen molar-refractivity contribution in [2.45, 2.75) is 6.42 Å². The van der Waals surface area contributed by atoms with Crippen LogP contribution in [-0.4, -0.2) is 21.0 Å². The summed E-state index contributed by atoms with van der Waals surface area (Å²) < 4.78 is 0. The van der Waals surface area contributed by atoms with E-state index in [4.69, 9.17) is 16.7 Å². The van der Waals surface area contributed by atoms with Crippen LogP contribution in [0.2, 0.25) is 5.02 Å². The Hall–Kier alpha value is -1.55. The van der Waals surface area contributed by atoms with Crippen molar-refractivity contribution in [1.82, 2.24) is 9.97 Å². The Balaban J connectivity index is 2.64. The number of imidazole rings is 1. The molecular weight excluding hydrogens is 204 g/mol. The molecule has 0 saturated heterocycles. The minimum Gasteiger partial charge on any atom is -0.481 e. The number of aliphatic carboxylic acids is 1. The average molecular weight is 211 g/mol. The van der Waals surface area contributed by atoms with Gasteiger partial charge in [-0.25, -0.2) is 4.98 Å². The van der Waals surface area contributed by atoms with Crippen molar-refractivity contribution in [1.29, 1.82) is 0 Å². The molecule has 1 heterocycles. The van der Waals surface area contributed by atoms with Crippen LogP contribution in [0.5, 0.6) is 0 Å². The molecule has 5 heteroatoms. The van der Waals surface area contributed by atoms with E-state index in [1.54, 1.807) is 12.1 Å². The van der Waals surface area contributed by atoms with Gasteiger partial charge in [-0.2, -0.15) is 0 Å². The summed E-state index contributed by atoms with van der Waals surface area (Å²) in [5.41, 5.74) is 1.98. The van der Waals surface area contributed by atoms with Crippen LogP contribution in [0.25, 0.3) is 11.0 Å². The number of H-pyrrole nitrogens is 1. The highest BCUT2D eigenvalue weighted by atomic mass is 35.5. The number of carboxylic acids is 1. The first-order valence-electron chi connectivity index (χ1n) is 4.00. The highest BCUT2D eigenvalue weighted by Gasteiger charge is 2.11. The molecule has 2 rings (SSSR count). The summed E-state index contributed by atoms with van der Waals surface area (Å²) in [6, 6.07) is 3.44. The predicted octanol–water partition coefficient (Wildman–Crippen LogP) is 1.84. The van der Waals surface area contributed by atoms with Crippen molar-refractivity contribution in [3.8, 4) is 0 Å². The van der Waals surface area contributed by atoms with Gasteiger partial charge in [-0.1, -0.05) is 11.6 Å². The summed E-state index contributed by atoms with van der Waals surface area (Å²) in [6.45, 7) is 0. The average Bonchev–Trinajstić information content (AvgIpc) is 2.57. The molecule has 0 aliphatic rings. The van der Waals surface area contributed by atoms with Crippen molar-refractivity contribution < 1.29 is 9.90 Å². The number of halogens is 1. The lowest BCUT2D eigenvalue weighted by atomic mass is 10.1. The third-order valence-electron chi connectivity index (χ3n) is 1.97. The van der Waals surface area contributed by atoms with E-state index < -0.39 is 5.97 Å². The molecule has 0 bridgehead atoms. The van der Waals surface area contributed by atoms with Crippen molar-refractivity contribution >= 4 is 28.6 Å². The van der Waals surface area contributed by atoms with Gasteiger partial charge in [-0.05, 0) is 12.1 Å². The van der Waals surface area contributed by atoms with Gasteiger partial charge in [0.1, 0.15) is 0 Å². The van der Waals surface area contributed by atoms with Crippen LogP contribution >= 0.6 is 11.6 Å². The number of carboxylic acid groups (broad SMARTS) is 1. The third kappa shape index (κ3) is 1.44. The minimum atomic E-state index is -0.914. The lowest BCUT2D eigenvalue weighted by molar-refractivity contribution is -0.136. The highest BCUT2D eigenvalue weighted by molar-refractivity contribution is 6.32. The largest absolute Gasteiger partial charge is 0.481 e. The minimum absolute atomic E-state index is 0.110. The number of carbonyl (C=O) groups is 1. The molecule has 2 aromatic rings. The monoisotopic (exact) mass is 210 g/mol. The maximum absolute atomic E-state index is 10.6. The Labute approximate surface area is 84.5 Å². The van der Waals surface area contributed by atoms with Crippen LogP contribution in [0.1, 0.15) is 5.56 Å². The Morgan fingerprint density at radius 1 is 1.57 bits per heavy atom. The molecule has 0 atom stereocenters. The van der Waals surface area contributed by atoms with Crippen LogP contribution in [0.4, 0.5) is 0 Å². The fraction of sp³-hybridized carbons (Fsp3) is 0.111. The lowest BCUT2D eigenvalue weighted by Crippen LogP contribution is -2.01. The number of aromatic nitrogens is 2. The Bertz CT molecular complexity index is 493. The molecule has 0 aliphatic carbocycles. The van der Waals surface area contributed by atoms with Crippen LogP contribution in [-0.2, 0) is 11.2 Å². The van der Waals surface area contributed by atoms with Gasteiger partial charge >= 0.3 is 5.97 Å². The molecule has 1 aromatic heterocycles. The molecule has 0 unspecified atom stereocenters. The number of benzene rings is 1. The zero-order valence-corrected chi connectivity index (χ0v) is 7.88. The maximum Gasteiger partial charge on any atom is 0.307 e. The fourth-order valence-electron chi connectivity index (χ4n) is 1.36. The summed E-state index contributed by atoms with van der Waals surface area (Å²) in [7, 11) is 0. The normalized spacial score (nSPS) is 10.6. The molecule has 0 fully saturated rings. The Morgan fingerprint density at radius 3 is 3.07 bits per heavy atom. The quantitative estimate of drug-likeness (QED) is 0.795. The summed E-state index contributed by atoms with van der Waals surface area (Å²) >= 11 is 5.89. The summed E-state index contributed by atoms with van der Waals surface area (Å²) in [6.07, 6.45) is 1.41. The van der Waals surface area contributed by atoms with E-state index >= 15 is 0 Å². The highest BCUT2D eigenvalue weighted by Crippen LogP contribution is 2.24. The van der Waals surface area contributed by atoms with Gasteiger partial charge in [0.15, 0.2) is 0 Å². The van der Waals surface area contributed by atoms with Gasteiger partial charge in [0, 0.05) is 10.6 Å². The molecule has 4 nitrogen and oxygen atoms in total. The number of fused-ring (bicyclic) bond motifs is 1. The molecule has 0 saturated carbocycles. The van der Waals surface area contributed by atoms with E-state index in [1.165, 1.54) is 6.33 Å². The van der Waals surface area contributed by atoms with Crippen molar-refractivity contribution in [2.24, 2.45) is 0 Å². The van der Waals surface area contributed by atoms with E-state index in [2.05, 4.69) is 9.97 Å². The van der Waals surface area contributed by atoms with Gasteiger partial charge in [0.05, 0.1) is 23.8 Å². The molecule has 1 aromatic carbocycles. The third-order valence-corrected chi connectivity index (χ3v) is 2.32. The first kappa shape index (κ1) is 9.02. The fourth-order valence-corrected chi connectivity index (χ4v) is 1.58. The van der Waals surface area contributed by atoms with Crippen molar-refractivity contribution in [3.63, 3.8) is 0 Å². The van der Waals surface area contributed by atoms with Crippen LogP contribution in [0.3, 0.4) is 0 Å². The number of nitrogens with one attached hydrogen (secondary N) is 1. The van der Waals surface area contributed by atoms with Crippen LogP contribution in [0.15, 0.2) is 18.5 Å². The standard InChI is InChI=1S/C9H7ClN2O2/c10-6-1-2-7-9(12-4-11-7)5(6)3-8(13)14/h1-2,4H,3H2,(H,11,12)(H,13,14). The second-order valence-corrected chi connectivity index (χ2v) is 3.30. The maximum atomic E-state index is 10.6. The van der Waals surface area contributed by atoms with Crippen molar-refractivity contribution in [2.75, 3.05) is 0 Å². The number of nitrogens with zero attached hydrogens (tertiary/aromatic N) is 1. The summed E-state index contributed by atoms with van der Waals surface area (Å²) in [4.78, 5) is 17.5. The zero-order chi connectivity index (χ0) is 10.1. The zero-order valence-electron chi connectivity index (χ0n) is 7.12. The van der Waals surface area contributed by atoms with Crippen LogP contribution < -0.4 is 0 Å². The molecular formula is C9H7ClN2O2. The summed E-state index contributed by atoms with van der Waals surface area (Å²) in [5.74, 6) is -0.914. The molecule has 2 N–H and O–H groups in total. The second kappa shape index (κ2) is 3.31. The summed E-state index contributed by atoms with van der Waals surface area (Å²) in [5, 5.41) is 9.13. The van der Waals surface area contributed by atoms with E-state index in [-0.39, 0.29) is 6.42 Å².